The molecule has 1 heterocycles. The van der Waals surface area contributed by atoms with Crippen molar-refractivity contribution in [2.45, 2.75) is 43.7 Å². The molecule has 3 nitrogen and oxygen atoms in total. The molecule has 1 saturated carbocycles. The smallest absolute Gasteiger partial charge is 0.233 e. The molecule has 0 unspecified atom stereocenters. The molecule has 0 radical (unpaired) electrons. The second kappa shape index (κ2) is 7.01. The average Bonchev–Trinajstić information content (AvgIpc) is 3.53. The van der Waals surface area contributed by atoms with Crippen LogP contribution in [-0.4, -0.2) is 30.1 Å². The molecule has 4 rings (SSSR count). The number of carbonyl (C=O) groups excluding carboxylic acids is 1. The van der Waals surface area contributed by atoms with Crippen LogP contribution >= 0.6 is 0 Å². The van der Waals surface area contributed by atoms with E-state index in [1.807, 2.05) is 36.4 Å². The molecule has 130 valence electrons. The first-order chi connectivity index (χ1) is 12.3. The standard InChI is InChI=1S/C22H25NO2/c24-21(23(20-11-12-20)17-18-7-3-1-4-8-18)22(13-15-25-16-14-22)19-9-5-2-6-10-19/h1-10,20H,11-17H2. The van der Waals surface area contributed by atoms with Crippen molar-refractivity contribution in [3.8, 4) is 0 Å². The first-order valence-electron chi connectivity index (χ1n) is 9.28. The van der Waals surface area contributed by atoms with Gasteiger partial charge >= 0.3 is 0 Å². The molecule has 2 aromatic rings. The fourth-order valence-corrected chi connectivity index (χ4v) is 3.91. The van der Waals surface area contributed by atoms with Crippen molar-refractivity contribution in [1.82, 2.24) is 4.90 Å². The number of benzene rings is 2. The zero-order chi connectivity index (χ0) is 17.1. The molecule has 1 aliphatic heterocycles. The van der Waals surface area contributed by atoms with Gasteiger partial charge in [0, 0.05) is 25.8 Å². The molecule has 0 aromatic heterocycles. The van der Waals surface area contributed by atoms with E-state index < -0.39 is 5.41 Å². The van der Waals surface area contributed by atoms with Crippen molar-refractivity contribution in [3.05, 3.63) is 71.8 Å². The molecule has 1 saturated heterocycles. The van der Waals surface area contributed by atoms with Gasteiger partial charge in [-0.15, -0.1) is 0 Å². The highest BCUT2D eigenvalue weighted by Gasteiger charge is 2.47. The highest BCUT2D eigenvalue weighted by Crippen LogP contribution is 2.40. The van der Waals surface area contributed by atoms with Crippen LogP contribution in [0.1, 0.15) is 36.8 Å². The molecule has 0 N–H and O–H groups in total. The van der Waals surface area contributed by atoms with Gasteiger partial charge < -0.3 is 9.64 Å². The minimum atomic E-state index is -0.434. The van der Waals surface area contributed by atoms with Gasteiger partial charge in [0.1, 0.15) is 0 Å². The maximum absolute atomic E-state index is 13.8. The van der Waals surface area contributed by atoms with Gasteiger partial charge in [-0.3, -0.25) is 4.79 Å². The maximum Gasteiger partial charge on any atom is 0.233 e. The number of amides is 1. The third-order valence-electron chi connectivity index (χ3n) is 5.53. The monoisotopic (exact) mass is 335 g/mol. The molecule has 2 fully saturated rings. The number of nitrogens with zero attached hydrogens (tertiary/aromatic N) is 1. The zero-order valence-corrected chi connectivity index (χ0v) is 14.6. The lowest BCUT2D eigenvalue weighted by molar-refractivity contribution is -0.142. The Morgan fingerprint density at radius 1 is 0.960 bits per heavy atom. The van der Waals surface area contributed by atoms with Gasteiger partial charge in [-0.25, -0.2) is 0 Å². The molecule has 2 aliphatic rings. The van der Waals surface area contributed by atoms with E-state index in [-0.39, 0.29) is 5.91 Å². The SMILES string of the molecule is O=C(N(Cc1ccccc1)C1CC1)C1(c2ccccc2)CCOCC1. The Hall–Kier alpha value is -2.13. The largest absolute Gasteiger partial charge is 0.381 e. The Bertz CT molecular complexity index is 703. The van der Waals surface area contributed by atoms with E-state index in [0.29, 0.717) is 25.8 Å². The van der Waals surface area contributed by atoms with Crippen molar-refractivity contribution in [2.24, 2.45) is 0 Å². The van der Waals surface area contributed by atoms with Crippen LogP contribution in [0.3, 0.4) is 0 Å². The zero-order valence-electron chi connectivity index (χ0n) is 14.6. The molecule has 25 heavy (non-hydrogen) atoms. The first kappa shape index (κ1) is 16.3. The quantitative estimate of drug-likeness (QED) is 0.829. The minimum Gasteiger partial charge on any atom is -0.381 e. The molecule has 1 amide bonds. The summed E-state index contributed by atoms with van der Waals surface area (Å²) in [5, 5.41) is 0. The summed E-state index contributed by atoms with van der Waals surface area (Å²) in [7, 11) is 0. The highest BCUT2D eigenvalue weighted by molar-refractivity contribution is 5.89. The van der Waals surface area contributed by atoms with Crippen LogP contribution in [0.4, 0.5) is 0 Å². The van der Waals surface area contributed by atoms with Gasteiger partial charge in [0.25, 0.3) is 0 Å². The van der Waals surface area contributed by atoms with Crippen molar-refractivity contribution < 1.29 is 9.53 Å². The average molecular weight is 335 g/mol. The maximum atomic E-state index is 13.8. The predicted molar refractivity (Wildman–Crippen MR) is 98.2 cm³/mol. The summed E-state index contributed by atoms with van der Waals surface area (Å²) in [6.45, 7) is 2.02. The fraction of sp³-hybridized carbons (Fsp3) is 0.409. The second-order valence-corrected chi connectivity index (χ2v) is 7.21. The van der Waals surface area contributed by atoms with Gasteiger partial charge in [0.2, 0.25) is 5.91 Å². The molecule has 0 atom stereocenters. The number of hydrogen-bond acceptors (Lipinski definition) is 2. The summed E-state index contributed by atoms with van der Waals surface area (Å²) in [6, 6.07) is 21.1. The Morgan fingerprint density at radius 3 is 2.16 bits per heavy atom. The van der Waals surface area contributed by atoms with E-state index in [1.165, 1.54) is 5.56 Å². The number of hydrogen-bond donors (Lipinski definition) is 0. The van der Waals surface area contributed by atoms with Crippen LogP contribution in [0.5, 0.6) is 0 Å². The third-order valence-corrected chi connectivity index (χ3v) is 5.53. The number of ether oxygens (including phenoxy) is 1. The Kier molecular flexibility index (Phi) is 4.58. The van der Waals surface area contributed by atoms with Crippen LogP contribution in [0.25, 0.3) is 0 Å². The lowest BCUT2D eigenvalue weighted by atomic mass is 9.73. The minimum absolute atomic E-state index is 0.286. The molecule has 0 bridgehead atoms. The van der Waals surface area contributed by atoms with Crippen molar-refractivity contribution in [1.29, 1.82) is 0 Å². The summed E-state index contributed by atoms with van der Waals surface area (Å²) < 4.78 is 5.60. The highest BCUT2D eigenvalue weighted by atomic mass is 16.5. The summed E-state index contributed by atoms with van der Waals surface area (Å²) in [4.78, 5) is 15.9. The Morgan fingerprint density at radius 2 is 1.56 bits per heavy atom. The lowest BCUT2D eigenvalue weighted by Crippen LogP contribution is -2.50. The second-order valence-electron chi connectivity index (χ2n) is 7.21. The van der Waals surface area contributed by atoms with Gasteiger partial charge in [-0.05, 0) is 36.8 Å². The molecular formula is C22H25NO2. The van der Waals surface area contributed by atoms with Gasteiger partial charge in [0.15, 0.2) is 0 Å². The molecular weight excluding hydrogens is 310 g/mol. The normalized spacial score (nSPS) is 19.4. The van der Waals surface area contributed by atoms with E-state index in [2.05, 4.69) is 29.2 Å². The van der Waals surface area contributed by atoms with Crippen molar-refractivity contribution in [2.75, 3.05) is 13.2 Å². The molecule has 0 spiro atoms. The molecule has 3 heteroatoms. The first-order valence-corrected chi connectivity index (χ1v) is 9.28. The lowest BCUT2D eigenvalue weighted by Gasteiger charge is -2.40. The summed E-state index contributed by atoms with van der Waals surface area (Å²) in [6.07, 6.45) is 3.79. The van der Waals surface area contributed by atoms with E-state index in [9.17, 15) is 4.79 Å². The van der Waals surface area contributed by atoms with Crippen LogP contribution in [0.15, 0.2) is 60.7 Å². The summed E-state index contributed by atoms with van der Waals surface area (Å²) in [5.74, 6) is 0.286. The fourth-order valence-electron chi connectivity index (χ4n) is 3.91. The predicted octanol–water partition coefficient (Wildman–Crippen LogP) is 3.93. The van der Waals surface area contributed by atoms with Crippen molar-refractivity contribution >= 4 is 5.91 Å². The summed E-state index contributed by atoms with van der Waals surface area (Å²) >= 11 is 0. The van der Waals surface area contributed by atoms with Crippen LogP contribution in [0, 0.1) is 0 Å². The van der Waals surface area contributed by atoms with E-state index in [1.54, 1.807) is 0 Å². The summed E-state index contributed by atoms with van der Waals surface area (Å²) in [5.41, 5.74) is 1.91. The van der Waals surface area contributed by atoms with E-state index >= 15 is 0 Å². The van der Waals surface area contributed by atoms with Crippen LogP contribution < -0.4 is 0 Å². The van der Waals surface area contributed by atoms with Gasteiger partial charge in [-0.1, -0.05) is 60.7 Å². The third kappa shape index (κ3) is 3.34. The van der Waals surface area contributed by atoms with Crippen LogP contribution in [-0.2, 0) is 21.5 Å². The van der Waals surface area contributed by atoms with Gasteiger partial charge in [-0.2, -0.15) is 0 Å². The van der Waals surface area contributed by atoms with E-state index in [4.69, 9.17) is 4.74 Å². The van der Waals surface area contributed by atoms with Crippen LogP contribution in [0.2, 0.25) is 0 Å². The Labute approximate surface area is 149 Å². The number of rotatable bonds is 5. The number of carbonyl (C=O) groups is 1. The van der Waals surface area contributed by atoms with E-state index in [0.717, 1.165) is 31.2 Å². The molecule has 2 aromatic carbocycles. The van der Waals surface area contributed by atoms with Gasteiger partial charge in [0.05, 0.1) is 5.41 Å². The topological polar surface area (TPSA) is 29.5 Å². The Balaban J connectivity index is 1.66. The van der Waals surface area contributed by atoms with Crippen molar-refractivity contribution in [3.63, 3.8) is 0 Å². The molecule has 1 aliphatic carbocycles.